The van der Waals surface area contributed by atoms with E-state index in [0.29, 0.717) is 18.4 Å². The first kappa shape index (κ1) is 27.7. The van der Waals surface area contributed by atoms with Crippen molar-refractivity contribution < 1.29 is 29.4 Å². The van der Waals surface area contributed by atoms with E-state index in [-0.39, 0.29) is 46.8 Å². The lowest BCUT2D eigenvalue weighted by Gasteiger charge is -2.24. The molecule has 0 aliphatic heterocycles. The quantitative estimate of drug-likeness (QED) is 0.277. The fourth-order valence-corrected chi connectivity index (χ4v) is 4.76. The molecule has 0 heterocycles. The van der Waals surface area contributed by atoms with E-state index in [1.165, 1.54) is 35.9 Å². The summed E-state index contributed by atoms with van der Waals surface area (Å²) in [5, 5.41) is 26.9. The number of hydrogen-bond acceptors (Lipinski definition) is 5. The van der Waals surface area contributed by atoms with Crippen molar-refractivity contribution in [3.05, 3.63) is 99.6 Å². The molecule has 1 unspecified atom stereocenters. The third kappa shape index (κ3) is 7.14. The van der Waals surface area contributed by atoms with Gasteiger partial charge in [0, 0.05) is 24.6 Å². The van der Waals surface area contributed by atoms with Gasteiger partial charge < -0.3 is 26.2 Å². The number of nitrogens with one attached hydrogen (secondary N) is 3. The summed E-state index contributed by atoms with van der Waals surface area (Å²) in [6.45, 7) is -0.113. The molecule has 3 amide bonds. The lowest BCUT2D eigenvalue weighted by Crippen LogP contribution is -2.49. The molecule has 1 aliphatic rings. The van der Waals surface area contributed by atoms with Gasteiger partial charge >= 0.3 is 5.97 Å². The molecular formula is C29H28ClN3O6. The maximum atomic E-state index is 12.8. The molecule has 0 aromatic heterocycles. The van der Waals surface area contributed by atoms with Gasteiger partial charge in [-0.2, -0.15) is 0 Å². The van der Waals surface area contributed by atoms with Crippen LogP contribution in [0.2, 0.25) is 5.02 Å². The van der Waals surface area contributed by atoms with Crippen molar-refractivity contribution in [2.24, 2.45) is 5.92 Å². The summed E-state index contributed by atoms with van der Waals surface area (Å²) >= 11 is 6.25. The third-order valence-electron chi connectivity index (χ3n) is 6.64. The zero-order valence-corrected chi connectivity index (χ0v) is 21.7. The maximum Gasteiger partial charge on any atom is 0.328 e. The van der Waals surface area contributed by atoms with Crippen LogP contribution in [0.3, 0.4) is 0 Å². The number of carboxylic acids is 1. The second-order valence-electron chi connectivity index (χ2n) is 9.37. The van der Waals surface area contributed by atoms with Crippen LogP contribution < -0.4 is 16.0 Å². The van der Waals surface area contributed by atoms with E-state index in [1.54, 1.807) is 12.1 Å². The molecule has 1 aliphatic carbocycles. The molecule has 0 saturated carbocycles. The van der Waals surface area contributed by atoms with Crippen molar-refractivity contribution >= 4 is 35.3 Å². The highest BCUT2D eigenvalue weighted by atomic mass is 35.5. The van der Waals surface area contributed by atoms with E-state index in [0.717, 1.165) is 12.0 Å². The molecule has 3 aromatic rings. The molecule has 0 fully saturated rings. The van der Waals surface area contributed by atoms with Crippen LogP contribution in [0, 0.1) is 5.92 Å². The molecule has 3 aromatic carbocycles. The molecule has 2 atom stereocenters. The highest BCUT2D eigenvalue weighted by molar-refractivity contribution is 6.34. The normalized spacial score (nSPS) is 14.9. The number of aromatic hydroxyl groups is 1. The Bertz CT molecular complexity index is 1410. The Labute approximate surface area is 230 Å². The van der Waals surface area contributed by atoms with Gasteiger partial charge in [-0.15, -0.1) is 0 Å². The molecular weight excluding hydrogens is 522 g/mol. The molecule has 0 radical (unpaired) electrons. The number of rotatable bonds is 9. The predicted octanol–water partition coefficient (Wildman–Crippen LogP) is 3.08. The number of phenols is 1. The van der Waals surface area contributed by atoms with Gasteiger partial charge in [0.25, 0.3) is 11.8 Å². The van der Waals surface area contributed by atoms with E-state index >= 15 is 0 Å². The molecule has 0 bridgehead atoms. The minimum atomic E-state index is -1.38. The molecule has 9 nitrogen and oxygen atoms in total. The smallest absolute Gasteiger partial charge is 0.328 e. The number of fused-ring (bicyclic) bond motifs is 1. The number of amides is 3. The van der Waals surface area contributed by atoms with Gasteiger partial charge in [-0.1, -0.05) is 48.0 Å². The summed E-state index contributed by atoms with van der Waals surface area (Å²) in [5.41, 5.74) is 3.22. The topological polar surface area (TPSA) is 145 Å². The number of aliphatic carboxylic acids is 1. The average Bonchev–Trinajstić information content (AvgIpc) is 2.93. The molecule has 0 saturated heterocycles. The van der Waals surface area contributed by atoms with E-state index < -0.39 is 23.8 Å². The largest absolute Gasteiger partial charge is 0.508 e. The van der Waals surface area contributed by atoms with Gasteiger partial charge in [0.2, 0.25) is 5.91 Å². The van der Waals surface area contributed by atoms with Crippen molar-refractivity contribution in [3.63, 3.8) is 0 Å². The maximum absolute atomic E-state index is 12.8. The van der Waals surface area contributed by atoms with Crippen molar-refractivity contribution in [3.8, 4) is 5.75 Å². The SMILES string of the molecule is O=C(NCc1cccc(O)c1)c1ccc(C(=O)N[C@@H](CNC(=O)C2CCc3ccccc3C2)C(=O)O)c(Cl)c1. The summed E-state index contributed by atoms with van der Waals surface area (Å²) < 4.78 is 0. The fourth-order valence-electron chi connectivity index (χ4n) is 4.50. The Morgan fingerprint density at radius 1 is 0.923 bits per heavy atom. The van der Waals surface area contributed by atoms with Crippen LogP contribution in [-0.4, -0.2) is 46.5 Å². The number of halogens is 1. The number of carboxylic acid groups (broad SMARTS) is 1. The van der Waals surface area contributed by atoms with Gasteiger partial charge in [0.15, 0.2) is 0 Å². The molecule has 4 rings (SSSR count). The average molecular weight is 550 g/mol. The van der Waals surface area contributed by atoms with Crippen LogP contribution in [0.4, 0.5) is 0 Å². The molecule has 202 valence electrons. The number of benzene rings is 3. The van der Waals surface area contributed by atoms with Crippen molar-refractivity contribution in [1.29, 1.82) is 0 Å². The minimum absolute atomic E-state index is 0.0114. The van der Waals surface area contributed by atoms with E-state index in [1.807, 2.05) is 24.3 Å². The fraction of sp³-hybridized carbons (Fsp3) is 0.241. The summed E-state index contributed by atoms with van der Waals surface area (Å²) in [7, 11) is 0. The highest BCUT2D eigenvalue weighted by Gasteiger charge is 2.27. The summed E-state index contributed by atoms with van der Waals surface area (Å²) in [6.07, 6.45) is 2.02. The van der Waals surface area contributed by atoms with Gasteiger partial charge in [0.05, 0.1) is 10.6 Å². The van der Waals surface area contributed by atoms with Gasteiger partial charge in [-0.25, -0.2) is 4.79 Å². The van der Waals surface area contributed by atoms with Crippen LogP contribution in [0.5, 0.6) is 5.75 Å². The Balaban J connectivity index is 1.32. The van der Waals surface area contributed by atoms with Crippen molar-refractivity contribution in [2.75, 3.05) is 6.54 Å². The first-order chi connectivity index (χ1) is 18.7. The Morgan fingerprint density at radius 3 is 2.41 bits per heavy atom. The van der Waals surface area contributed by atoms with Gasteiger partial charge in [0.1, 0.15) is 11.8 Å². The zero-order chi connectivity index (χ0) is 27.9. The minimum Gasteiger partial charge on any atom is -0.508 e. The number of hydrogen-bond donors (Lipinski definition) is 5. The van der Waals surface area contributed by atoms with Crippen LogP contribution in [-0.2, 0) is 29.0 Å². The van der Waals surface area contributed by atoms with Crippen molar-refractivity contribution in [1.82, 2.24) is 16.0 Å². The van der Waals surface area contributed by atoms with Crippen LogP contribution in [0.1, 0.15) is 43.8 Å². The lowest BCUT2D eigenvalue weighted by atomic mass is 9.83. The Kier molecular flexibility index (Phi) is 8.83. The number of carbonyl (C=O) groups is 4. The second-order valence-corrected chi connectivity index (χ2v) is 9.77. The Morgan fingerprint density at radius 2 is 1.69 bits per heavy atom. The monoisotopic (exact) mass is 549 g/mol. The molecule has 0 spiro atoms. The highest BCUT2D eigenvalue weighted by Crippen LogP contribution is 2.25. The summed E-state index contributed by atoms with van der Waals surface area (Å²) in [4.78, 5) is 49.8. The lowest BCUT2D eigenvalue weighted by molar-refractivity contribution is -0.139. The summed E-state index contributed by atoms with van der Waals surface area (Å²) in [5.74, 6) is -2.95. The predicted molar refractivity (Wildman–Crippen MR) is 145 cm³/mol. The molecule has 39 heavy (non-hydrogen) atoms. The number of carbonyl (C=O) groups excluding carboxylic acids is 3. The van der Waals surface area contributed by atoms with E-state index in [2.05, 4.69) is 16.0 Å². The third-order valence-corrected chi connectivity index (χ3v) is 6.95. The van der Waals surface area contributed by atoms with E-state index in [4.69, 9.17) is 11.6 Å². The van der Waals surface area contributed by atoms with Gasteiger partial charge in [-0.3, -0.25) is 14.4 Å². The number of aryl methyl sites for hydroxylation is 1. The zero-order valence-electron chi connectivity index (χ0n) is 20.9. The van der Waals surface area contributed by atoms with Crippen LogP contribution in [0.15, 0.2) is 66.7 Å². The first-order valence-electron chi connectivity index (χ1n) is 12.4. The second kappa shape index (κ2) is 12.4. The van der Waals surface area contributed by atoms with Crippen LogP contribution in [0.25, 0.3) is 0 Å². The number of phenolic OH excluding ortho intramolecular Hbond substituents is 1. The first-order valence-corrected chi connectivity index (χ1v) is 12.8. The van der Waals surface area contributed by atoms with Crippen LogP contribution >= 0.6 is 11.6 Å². The summed E-state index contributed by atoms with van der Waals surface area (Å²) in [6, 6.07) is 17.0. The molecule has 5 N–H and O–H groups in total. The molecule has 10 heteroatoms. The van der Waals surface area contributed by atoms with Gasteiger partial charge in [-0.05, 0) is 66.3 Å². The Hall–Kier alpha value is -4.37. The standard InChI is InChI=1S/C29H28ClN3O6/c30-24-14-21(27(36)31-15-17-4-3-7-22(34)12-17)10-11-23(24)28(37)33-25(29(38)39)16-32-26(35)20-9-8-18-5-1-2-6-19(18)13-20/h1-7,10-12,14,20,25,34H,8-9,13,15-16H2,(H,31,36)(H,32,35)(H,33,37)(H,38,39)/t20?,25-/m0/s1. The van der Waals surface area contributed by atoms with E-state index in [9.17, 15) is 29.4 Å². The van der Waals surface area contributed by atoms with Crippen molar-refractivity contribution in [2.45, 2.75) is 31.8 Å².